The lowest BCUT2D eigenvalue weighted by atomic mass is 9.97. The first-order valence-corrected chi connectivity index (χ1v) is 10.6. The van der Waals surface area contributed by atoms with Gasteiger partial charge in [-0.1, -0.05) is 23.7 Å². The predicted molar refractivity (Wildman–Crippen MR) is 100 cm³/mol. The molecule has 1 N–H and O–H groups in total. The summed E-state index contributed by atoms with van der Waals surface area (Å²) in [4.78, 5) is 14.5. The predicted octanol–water partition coefficient (Wildman–Crippen LogP) is 1.73. The summed E-state index contributed by atoms with van der Waals surface area (Å²) in [7, 11) is 0.752. The molecule has 140 valence electrons. The van der Waals surface area contributed by atoms with Gasteiger partial charge < -0.3 is 10.2 Å². The maximum absolute atomic E-state index is 12.5. The fraction of sp³-hybridized carbons (Fsp3) is 0.588. The molecule has 1 saturated heterocycles. The average molecular weight is 388 g/mol. The van der Waals surface area contributed by atoms with E-state index in [1.54, 1.807) is 0 Å². The minimum Gasteiger partial charge on any atom is -0.354 e. The minimum atomic E-state index is -3.17. The van der Waals surface area contributed by atoms with E-state index in [-0.39, 0.29) is 17.9 Å². The molecule has 1 fully saturated rings. The topological polar surface area (TPSA) is 69.7 Å². The Balaban J connectivity index is 1.92. The van der Waals surface area contributed by atoms with E-state index >= 15 is 0 Å². The molecule has 1 aliphatic rings. The van der Waals surface area contributed by atoms with Crippen LogP contribution in [0.4, 0.5) is 0 Å². The summed E-state index contributed by atoms with van der Waals surface area (Å²) < 4.78 is 24.5. The molecular formula is C17H26ClN3O3S. The van der Waals surface area contributed by atoms with E-state index in [0.717, 1.165) is 5.56 Å². The fourth-order valence-electron chi connectivity index (χ4n) is 3.10. The van der Waals surface area contributed by atoms with E-state index in [1.807, 2.05) is 43.3 Å². The number of carbonyl (C=O) groups excluding carboxylic acids is 1. The van der Waals surface area contributed by atoms with Crippen LogP contribution in [0.3, 0.4) is 0 Å². The van der Waals surface area contributed by atoms with Crippen molar-refractivity contribution in [2.24, 2.45) is 5.92 Å². The smallest absolute Gasteiger partial charge is 0.223 e. The fourth-order valence-corrected chi connectivity index (χ4v) is 4.18. The summed E-state index contributed by atoms with van der Waals surface area (Å²) in [5, 5.41) is 3.68. The number of nitrogens with one attached hydrogen (secondary N) is 1. The zero-order valence-corrected chi connectivity index (χ0v) is 16.5. The Hall–Kier alpha value is -1.15. The summed E-state index contributed by atoms with van der Waals surface area (Å²) in [6.07, 6.45) is 2.32. The van der Waals surface area contributed by atoms with Crippen molar-refractivity contribution >= 4 is 27.5 Å². The van der Waals surface area contributed by atoms with Crippen LogP contribution in [0.25, 0.3) is 0 Å². The largest absolute Gasteiger partial charge is 0.354 e. The van der Waals surface area contributed by atoms with Gasteiger partial charge in [0.15, 0.2) is 0 Å². The van der Waals surface area contributed by atoms with Gasteiger partial charge in [0.25, 0.3) is 0 Å². The molecule has 0 aromatic heterocycles. The van der Waals surface area contributed by atoms with Crippen molar-refractivity contribution < 1.29 is 13.2 Å². The molecule has 0 aliphatic carbocycles. The van der Waals surface area contributed by atoms with Crippen LogP contribution in [0.2, 0.25) is 5.02 Å². The zero-order valence-electron chi connectivity index (χ0n) is 14.9. The molecular weight excluding hydrogens is 362 g/mol. The highest BCUT2D eigenvalue weighted by Crippen LogP contribution is 2.22. The summed E-state index contributed by atoms with van der Waals surface area (Å²) in [6, 6.07) is 7.65. The van der Waals surface area contributed by atoms with Crippen molar-refractivity contribution in [3.63, 3.8) is 0 Å². The number of amides is 1. The first-order valence-electron chi connectivity index (χ1n) is 8.33. The van der Waals surface area contributed by atoms with Crippen LogP contribution in [0, 0.1) is 5.92 Å². The lowest BCUT2D eigenvalue weighted by Gasteiger charge is -2.30. The Kier molecular flexibility index (Phi) is 6.85. The van der Waals surface area contributed by atoms with Crippen LogP contribution >= 0.6 is 11.6 Å². The van der Waals surface area contributed by atoms with Crippen molar-refractivity contribution in [1.82, 2.24) is 14.5 Å². The molecule has 8 heteroatoms. The molecule has 1 amide bonds. The van der Waals surface area contributed by atoms with Gasteiger partial charge in [-0.15, -0.1) is 0 Å². The number of rotatable bonds is 6. The van der Waals surface area contributed by atoms with Gasteiger partial charge in [0.1, 0.15) is 0 Å². The number of halogens is 1. The highest BCUT2D eigenvalue weighted by Gasteiger charge is 2.29. The van der Waals surface area contributed by atoms with Gasteiger partial charge in [0.2, 0.25) is 15.9 Å². The van der Waals surface area contributed by atoms with E-state index in [1.165, 1.54) is 10.6 Å². The number of nitrogens with zero attached hydrogens (tertiary/aromatic N) is 2. The number of likely N-dealkylation sites (N-methyl/N-ethyl adjacent to an activating group) is 1. The second-order valence-corrected chi connectivity index (χ2v) is 9.13. The Morgan fingerprint density at radius 3 is 2.52 bits per heavy atom. The van der Waals surface area contributed by atoms with E-state index in [9.17, 15) is 13.2 Å². The Morgan fingerprint density at radius 2 is 2.00 bits per heavy atom. The minimum absolute atomic E-state index is 0.0120. The van der Waals surface area contributed by atoms with Crippen LogP contribution in [-0.4, -0.2) is 63.5 Å². The summed E-state index contributed by atoms with van der Waals surface area (Å²) in [6.45, 7) is 1.29. The molecule has 1 aromatic rings. The van der Waals surface area contributed by atoms with E-state index in [0.29, 0.717) is 37.5 Å². The summed E-state index contributed by atoms with van der Waals surface area (Å²) in [5.74, 6) is -0.151. The van der Waals surface area contributed by atoms with Crippen molar-refractivity contribution in [2.45, 2.75) is 18.9 Å². The van der Waals surface area contributed by atoms with E-state index in [2.05, 4.69) is 5.32 Å². The van der Waals surface area contributed by atoms with Crippen LogP contribution in [-0.2, 0) is 14.8 Å². The molecule has 1 aromatic carbocycles. The number of benzene rings is 1. The first-order chi connectivity index (χ1) is 11.7. The standard InChI is InChI=1S/C17H26ClN3O3S/c1-20(2)16(14-5-4-6-15(18)11-14)12-19-17(22)13-7-9-21(10-8-13)25(3,23)24/h4-6,11,13,16H,7-10,12H2,1-3H3,(H,19,22). The maximum Gasteiger partial charge on any atom is 0.223 e. The van der Waals surface area contributed by atoms with Crippen LogP contribution in [0.1, 0.15) is 24.4 Å². The third-order valence-corrected chi connectivity index (χ3v) is 6.16. The number of sulfonamides is 1. The van der Waals surface area contributed by atoms with Crippen molar-refractivity contribution in [3.8, 4) is 0 Å². The van der Waals surface area contributed by atoms with Gasteiger partial charge >= 0.3 is 0 Å². The van der Waals surface area contributed by atoms with Crippen molar-refractivity contribution in [3.05, 3.63) is 34.9 Å². The third-order valence-electron chi connectivity index (χ3n) is 4.62. The number of piperidine rings is 1. The number of carbonyl (C=O) groups is 1. The average Bonchev–Trinajstić information content (AvgIpc) is 2.54. The van der Waals surface area contributed by atoms with Gasteiger partial charge in [-0.25, -0.2) is 12.7 Å². The molecule has 25 heavy (non-hydrogen) atoms. The molecule has 1 aliphatic heterocycles. The lowest BCUT2D eigenvalue weighted by molar-refractivity contribution is -0.126. The van der Waals surface area contributed by atoms with Gasteiger partial charge in [-0.2, -0.15) is 0 Å². The lowest BCUT2D eigenvalue weighted by Crippen LogP contribution is -2.44. The Morgan fingerprint density at radius 1 is 1.36 bits per heavy atom. The Bertz CT molecular complexity index is 701. The molecule has 0 bridgehead atoms. The van der Waals surface area contributed by atoms with E-state index < -0.39 is 10.0 Å². The molecule has 1 unspecified atom stereocenters. The molecule has 0 saturated carbocycles. The van der Waals surface area contributed by atoms with Crippen molar-refractivity contribution in [1.29, 1.82) is 0 Å². The molecule has 1 atom stereocenters. The second kappa shape index (κ2) is 8.49. The molecule has 6 nitrogen and oxygen atoms in total. The van der Waals surface area contributed by atoms with Gasteiger partial charge in [-0.05, 0) is 44.6 Å². The van der Waals surface area contributed by atoms with Gasteiger partial charge in [-0.3, -0.25) is 4.79 Å². The van der Waals surface area contributed by atoms with E-state index in [4.69, 9.17) is 11.6 Å². The molecule has 0 radical (unpaired) electrons. The van der Waals surface area contributed by atoms with Gasteiger partial charge in [0, 0.05) is 30.6 Å². The van der Waals surface area contributed by atoms with Gasteiger partial charge in [0.05, 0.1) is 12.3 Å². The highest BCUT2D eigenvalue weighted by molar-refractivity contribution is 7.88. The molecule has 0 spiro atoms. The van der Waals surface area contributed by atoms with Crippen LogP contribution < -0.4 is 5.32 Å². The van der Waals surface area contributed by atoms with Crippen molar-refractivity contribution in [2.75, 3.05) is 40.0 Å². The summed E-state index contributed by atoms with van der Waals surface area (Å²) in [5.41, 5.74) is 1.05. The maximum atomic E-state index is 12.5. The second-order valence-electron chi connectivity index (χ2n) is 6.72. The first kappa shape index (κ1) is 20.2. The molecule has 2 rings (SSSR count). The third kappa shape index (κ3) is 5.67. The Labute approximate surface area is 155 Å². The number of hydrogen-bond donors (Lipinski definition) is 1. The normalized spacial score (nSPS) is 18.3. The molecule has 1 heterocycles. The van der Waals surface area contributed by atoms with Crippen LogP contribution in [0.5, 0.6) is 0 Å². The highest BCUT2D eigenvalue weighted by atomic mass is 35.5. The number of hydrogen-bond acceptors (Lipinski definition) is 4. The monoisotopic (exact) mass is 387 g/mol. The summed E-state index contributed by atoms with van der Waals surface area (Å²) >= 11 is 6.07. The SMILES string of the molecule is CN(C)C(CNC(=O)C1CCN(S(C)(=O)=O)CC1)c1cccc(Cl)c1. The quantitative estimate of drug-likeness (QED) is 0.807. The van der Waals surface area contributed by atoms with Crippen LogP contribution in [0.15, 0.2) is 24.3 Å². The zero-order chi connectivity index (χ0) is 18.6.